The third-order valence-corrected chi connectivity index (χ3v) is 5.95. The maximum Gasteiger partial charge on any atom is 0.224 e. The van der Waals surface area contributed by atoms with Crippen molar-refractivity contribution >= 4 is 11.6 Å². The van der Waals surface area contributed by atoms with Crippen LogP contribution in [0.1, 0.15) is 36.8 Å². The van der Waals surface area contributed by atoms with Crippen LogP contribution in [0.15, 0.2) is 24.3 Å². The van der Waals surface area contributed by atoms with Gasteiger partial charge in [0.05, 0.1) is 13.7 Å². The molecule has 0 bridgehead atoms. The molecule has 8 heteroatoms. The first-order chi connectivity index (χ1) is 14.2. The molecule has 2 aromatic rings. The number of anilines is 1. The Bertz CT molecular complexity index is 851. The average molecular weight is 399 g/mol. The van der Waals surface area contributed by atoms with Crippen molar-refractivity contribution in [2.75, 3.05) is 45.2 Å². The molecule has 3 heterocycles. The van der Waals surface area contributed by atoms with Gasteiger partial charge < -0.3 is 24.4 Å². The Kier molecular flexibility index (Phi) is 5.99. The average Bonchev–Trinajstić information content (AvgIpc) is 3.21. The normalized spacial score (nSPS) is 19.0. The zero-order valence-corrected chi connectivity index (χ0v) is 17.3. The topological polar surface area (TPSA) is 75.5 Å². The number of carbonyl (C=O) groups is 1. The summed E-state index contributed by atoms with van der Waals surface area (Å²) in [5.74, 6) is 3.38. The molecule has 156 valence electrons. The van der Waals surface area contributed by atoms with Gasteiger partial charge in [0.1, 0.15) is 17.4 Å². The van der Waals surface area contributed by atoms with Crippen molar-refractivity contribution in [3.63, 3.8) is 0 Å². The van der Waals surface area contributed by atoms with E-state index in [9.17, 15) is 4.79 Å². The van der Waals surface area contributed by atoms with Crippen LogP contribution in [0, 0.1) is 0 Å². The fourth-order valence-electron chi connectivity index (χ4n) is 4.23. The second-order valence-electron chi connectivity index (χ2n) is 7.85. The SMILES string of the molecule is COc1cccc(N(C)CCC(=O)N2CCC[C@@H](c3nnc4n3CCNC4)C2)c1. The number of hydrogen-bond donors (Lipinski definition) is 1. The van der Waals surface area contributed by atoms with Crippen LogP contribution in [0.25, 0.3) is 0 Å². The number of aromatic nitrogens is 3. The van der Waals surface area contributed by atoms with Crippen molar-refractivity contribution in [3.8, 4) is 5.75 Å². The number of ether oxygens (including phenoxy) is 1. The lowest BCUT2D eigenvalue weighted by Gasteiger charge is -2.33. The highest BCUT2D eigenvalue weighted by atomic mass is 16.5. The highest BCUT2D eigenvalue weighted by Gasteiger charge is 2.29. The summed E-state index contributed by atoms with van der Waals surface area (Å²) < 4.78 is 7.54. The van der Waals surface area contributed by atoms with Crippen LogP contribution in [0.4, 0.5) is 5.69 Å². The number of amides is 1. The lowest BCUT2D eigenvalue weighted by molar-refractivity contribution is -0.132. The van der Waals surface area contributed by atoms with Gasteiger partial charge in [-0.25, -0.2) is 0 Å². The van der Waals surface area contributed by atoms with E-state index >= 15 is 0 Å². The summed E-state index contributed by atoms with van der Waals surface area (Å²) in [7, 11) is 3.68. The molecular weight excluding hydrogens is 368 g/mol. The van der Waals surface area contributed by atoms with Crippen LogP contribution in [-0.2, 0) is 17.9 Å². The van der Waals surface area contributed by atoms with Crippen molar-refractivity contribution in [2.45, 2.75) is 38.3 Å². The summed E-state index contributed by atoms with van der Waals surface area (Å²) in [5, 5.41) is 12.1. The smallest absolute Gasteiger partial charge is 0.224 e. The number of likely N-dealkylation sites (tertiary alicyclic amines) is 1. The summed E-state index contributed by atoms with van der Waals surface area (Å²) in [6.07, 6.45) is 2.59. The molecule has 1 aromatic heterocycles. The summed E-state index contributed by atoms with van der Waals surface area (Å²) in [5.41, 5.74) is 1.05. The van der Waals surface area contributed by atoms with Gasteiger partial charge in [-0.15, -0.1) is 10.2 Å². The van der Waals surface area contributed by atoms with Crippen LogP contribution in [-0.4, -0.2) is 65.9 Å². The number of carbonyl (C=O) groups excluding carboxylic acids is 1. The Hall–Kier alpha value is -2.61. The molecule has 0 unspecified atom stereocenters. The van der Waals surface area contributed by atoms with Gasteiger partial charge in [0.15, 0.2) is 0 Å². The number of rotatable bonds is 6. The molecule has 29 heavy (non-hydrogen) atoms. The van der Waals surface area contributed by atoms with Gasteiger partial charge in [0.2, 0.25) is 5.91 Å². The van der Waals surface area contributed by atoms with Crippen LogP contribution >= 0.6 is 0 Å². The molecule has 0 spiro atoms. The van der Waals surface area contributed by atoms with Crippen molar-refractivity contribution in [1.82, 2.24) is 25.0 Å². The molecule has 1 aromatic carbocycles. The fraction of sp³-hybridized carbons (Fsp3) is 0.571. The van der Waals surface area contributed by atoms with Gasteiger partial charge >= 0.3 is 0 Å². The molecule has 1 saturated heterocycles. The highest BCUT2D eigenvalue weighted by molar-refractivity contribution is 5.77. The van der Waals surface area contributed by atoms with E-state index in [1.807, 2.05) is 36.2 Å². The molecule has 4 rings (SSSR count). The molecule has 1 N–H and O–H groups in total. The molecule has 0 saturated carbocycles. The Labute approximate surface area is 171 Å². The molecule has 2 aliphatic rings. The van der Waals surface area contributed by atoms with E-state index in [1.165, 1.54) is 0 Å². The second-order valence-corrected chi connectivity index (χ2v) is 7.85. The standard InChI is InChI=1S/C21H30N6O2/c1-25(17-6-3-7-18(13-17)29-2)11-8-20(28)26-10-4-5-16(15-26)21-24-23-19-14-22-9-12-27(19)21/h3,6-7,13,16,22H,4-5,8-12,14-15H2,1-2H3/t16-/m1/s1. The number of piperidine rings is 1. The first kappa shape index (κ1) is 19.7. The van der Waals surface area contributed by atoms with E-state index in [1.54, 1.807) is 7.11 Å². The molecule has 1 fully saturated rings. The fourth-order valence-corrected chi connectivity index (χ4v) is 4.23. The molecule has 1 amide bonds. The number of fused-ring (bicyclic) bond motifs is 1. The van der Waals surface area contributed by atoms with Crippen LogP contribution in [0.3, 0.4) is 0 Å². The maximum atomic E-state index is 12.9. The predicted molar refractivity (Wildman–Crippen MR) is 111 cm³/mol. The van der Waals surface area contributed by atoms with E-state index in [-0.39, 0.29) is 11.8 Å². The number of benzene rings is 1. The number of hydrogen-bond acceptors (Lipinski definition) is 6. The molecular formula is C21H30N6O2. The first-order valence-electron chi connectivity index (χ1n) is 10.4. The molecule has 0 aliphatic carbocycles. The van der Waals surface area contributed by atoms with E-state index in [0.717, 1.165) is 68.7 Å². The van der Waals surface area contributed by atoms with Crippen LogP contribution in [0.2, 0.25) is 0 Å². The van der Waals surface area contributed by atoms with Crippen LogP contribution in [0.5, 0.6) is 5.75 Å². The lowest BCUT2D eigenvalue weighted by atomic mass is 9.96. The Morgan fingerprint density at radius 2 is 2.24 bits per heavy atom. The van der Waals surface area contributed by atoms with Crippen molar-refractivity contribution in [1.29, 1.82) is 0 Å². The van der Waals surface area contributed by atoms with Crippen molar-refractivity contribution in [2.24, 2.45) is 0 Å². The summed E-state index contributed by atoms with van der Waals surface area (Å²) in [6.45, 7) is 4.89. The predicted octanol–water partition coefficient (Wildman–Crippen LogP) is 1.62. The monoisotopic (exact) mass is 398 g/mol. The number of methoxy groups -OCH3 is 1. The minimum atomic E-state index is 0.212. The maximum absolute atomic E-state index is 12.9. The zero-order chi connectivity index (χ0) is 20.2. The molecule has 1 atom stereocenters. The van der Waals surface area contributed by atoms with Crippen LogP contribution < -0.4 is 15.0 Å². The lowest BCUT2D eigenvalue weighted by Crippen LogP contribution is -2.41. The summed E-state index contributed by atoms with van der Waals surface area (Å²) in [4.78, 5) is 17.0. The first-order valence-corrected chi connectivity index (χ1v) is 10.4. The highest BCUT2D eigenvalue weighted by Crippen LogP contribution is 2.27. The van der Waals surface area contributed by atoms with E-state index in [0.29, 0.717) is 13.0 Å². The van der Waals surface area contributed by atoms with E-state index < -0.39 is 0 Å². The van der Waals surface area contributed by atoms with Gasteiger partial charge in [-0.3, -0.25) is 4.79 Å². The molecule has 8 nitrogen and oxygen atoms in total. The van der Waals surface area contributed by atoms with Crippen molar-refractivity contribution < 1.29 is 9.53 Å². The second kappa shape index (κ2) is 8.82. The third-order valence-electron chi connectivity index (χ3n) is 5.95. The quantitative estimate of drug-likeness (QED) is 0.797. The van der Waals surface area contributed by atoms with E-state index in [4.69, 9.17) is 4.74 Å². The molecule has 2 aliphatic heterocycles. The molecule has 0 radical (unpaired) electrons. The summed E-state index contributed by atoms with van der Waals surface area (Å²) >= 11 is 0. The minimum Gasteiger partial charge on any atom is -0.497 e. The minimum absolute atomic E-state index is 0.212. The summed E-state index contributed by atoms with van der Waals surface area (Å²) in [6, 6.07) is 7.92. The van der Waals surface area contributed by atoms with E-state index in [2.05, 4.69) is 25.0 Å². The number of nitrogens with zero attached hydrogens (tertiary/aromatic N) is 5. The van der Waals surface area contributed by atoms with Gasteiger partial charge in [-0.05, 0) is 25.0 Å². The van der Waals surface area contributed by atoms with Gasteiger partial charge in [0.25, 0.3) is 0 Å². The Morgan fingerprint density at radius 1 is 1.34 bits per heavy atom. The largest absolute Gasteiger partial charge is 0.497 e. The Balaban J connectivity index is 1.34. The third kappa shape index (κ3) is 4.37. The van der Waals surface area contributed by atoms with Gasteiger partial charge in [0, 0.05) is 63.9 Å². The van der Waals surface area contributed by atoms with Crippen molar-refractivity contribution in [3.05, 3.63) is 35.9 Å². The van der Waals surface area contributed by atoms with Gasteiger partial charge in [-0.1, -0.05) is 6.07 Å². The Morgan fingerprint density at radius 3 is 3.10 bits per heavy atom. The number of nitrogens with one attached hydrogen (secondary N) is 1. The van der Waals surface area contributed by atoms with Gasteiger partial charge in [-0.2, -0.15) is 0 Å². The zero-order valence-electron chi connectivity index (χ0n) is 17.3.